The Hall–Kier alpha value is -4.25. The van der Waals surface area contributed by atoms with Gasteiger partial charge in [-0.05, 0) is 54.6 Å². The molecule has 2 heterocycles. The quantitative estimate of drug-likeness (QED) is 0.447. The van der Waals surface area contributed by atoms with Gasteiger partial charge in [0.25, 0.3) is 15.9 Å². The molecular weight excluding hydrogens is 444 g/mol. The Labute approximate surface area is 190 Å². The van der Waals surface area contributed by atoms with Crippen LogP contribution in [0.3, 0.4) is 0 Å². The fourth-order valence-corrected chi connectivity index (χ4v) is 4.25. The van der Waals surface area contributed by atoms with E-state index in [4.69, 9.17) is 4.74 Å². The van der Waals surface area contributed by atoms with Crippen molar-refractivity contribution < 1.29 is 17.9 Å². The topological polar surface area (TPSA) is 119 Å². The maximum atomic E-state index is 13.1. The molecular formula is C22H20N6O4S. The number of sulfonamides is 1. The van der Waals surface area contributed by atoms with E-state index < -0.39 is 15.9 Å². The molecule has 1 N–H and O–H groups in total. The van der Waals surface area contributed by atoms with Gasteiger partial charge in [0, 0.05) is 12.6 Å². The van der Waals surface area contributed by atoms with Gasteiger partial charge in [-0.1, -0.05) is 6.07 Å². The summed E-state index contributed by atoms with van der Waals surface area (Å²) in [6.07, 6.45) is 4.38. The van der Waals surface area contributed by atoms with Gasteiger partial charge >= 0.3 is 0 Å². The Morgan fingerprint density at radius 1 is 1.09 bits per heavy atom. The smallest absolute Gasteiger partial charge is 0.264 e. The molecule has 0 aliphatic heterocycles. The average Bonchev–Trinajstić information content (AvgIpc) is 3.39. The predicted octanol–water partition coefficient (Wildman–Crippen LogP) is 2.75. The first-order valence-electron chi connectivity index (χ1n) is 9.74. The fourth-order valence-electron chi connectivity index (χ4n) is 3.01. The Morgan fingerprint density at radius 2 is 1.88 bits per heavy atom. The molecule has 0 saturated carbocycles. The Kier molecular flexibility index (Phi) is 6.05. The lowest BCUT2D eigenvalue weighted by Gasteiger charge is -2.20. The third-order valence-corrected chi connectivity index (χ3v) is 6.63. The Bertz CT molecular complexity index is 1360. The van der Waals surface area contributed by atoms with Crippen molar-refractivity contribution in [3.63, 3.8) is 0 Å². The first kappa shape index (κ1) is 22.0. The first-order chi connectivity index (χ1) is 15.9. The van der Waals surface area contributed by atoms with E-state index in [1.807, 2.05) is 0 Å². The van der Waals surface area contributed by atoms with Gasteiger partial charge in [0.15, 0.2) is 5.82 Å². The number of aromatic nitrogens is 4. The largest absolute Gasteiger partial charge is 0.497 e. The van der Waals surface area contributed by atoms with Crippen molar-refractivity contribution in [2.24, 2.45) is 0 Å². The molecule has 0 spiro atoms. The number of anilines is 2. The van der Waals surface area contributed by atoms with Crippen LogP contribution in [0.25, 0.3) is 5.82 Å². The monoisotopic (exact) mass is 464 g/mol. The molecule has 0 bridgehead atoms. The summed E-state index contributed by atoms with van der Waals surface area (Å²) in [7, 11) is -0.901. The highest BCUT2D eigenvalue weighted by Crippen LogP contribution is 2.25. The number of amides is 1. The lowest BCUT2D eigenvalue weighted by atomic mass is 10.2. The van der Waals surface area contributed by atoms with E-state index in [2.05, 4.69) is 20.4 Å². The number of nitrogens with one attached hydrogen (secondary N) is 1. The summed E-state index contributed by atoms with van der Waals surface area (Å²) in [5.41, 5.74) is 1.11. The molecule has 4 aromatic rings. The molecule has 0 unspecified atom stereocenters. The van der Waals surface area contributed by atoms with Crippen molar-refractivity contribution in [1.82, 2.24) is 19.7 Å². The molecule has 0 atom stereocenters. The molecule has 1 amide bonds. The molecule has 33 heavy (non-hydrogen) atoms. The summed E-state index contributed by atoms with van der Waals surface area (Å²) >= 11 is 0. The van der Waals surface area contributed by atoms with Crippen molar-refractivity contribution in [3.05, 3.63) is 85.1 Å². The number of carbonyl (C=O) groups excluding carboxylic acids is 1. The summed E-state index contributed by atoms with van der Waals surface area (Å²) < 4.78 is 34.0. The second-order valence-electron chi connectivity index (χ2n) is 6.90. The summed E-state index contributed by atoms with van der Waals surface area (Å²) in [4.78, 5) is 20.8. The molecule has 168 valence electrons. The van der Waals surface area contributed by atoms with E-state index in [0.29, 0.717) is 22.9 Å². The van der Waals surface area contributed by atoms with Gasteiger partial charge < -0.3 is 10.1 Å². The Morgan fingerprint density at radius 3 is 2.52 bits per heavy atom. The summed E-state index contributed by atoms with van der Waals surface area (Å²) in [6, 6.07) is 15.8. The van der Waals surface area contributed by atoms with Gasteiger partial charge in [-0.15, -0.1) is 0 Å². The van der Waals surface area contributed by atoms with E-state index in [-0.39, 0.29) is 10.5 Å². The Balaban J connectivity index is 1.52. The van der Waals surface area contributed by atoms with E-state index in [1.54, 1.807) is 42.5 Å². The highest BCUT2D eigenvalue weighted by atomic mass is 32.2. The van der Waals surface area contributed by atoms with Crippen molar-refractivity contribution in [1.29, 1.82) is 0 Å². The molecule has 0 fully saturated rings. The van der Waals surface area contributed by atoms with Gasteiger partial charge in [-0.2, -0.15) is 5.10 Å². The minimum Gasteiger partial charge on any atom is -0.497 e. The number of pyridine rings is 1. The van der Waals surface area contributed by atoms with Gasteiger partial charge in [-0.25, -0.2) is 23.1 Å². The summed E-state index contributed by atoms with van der Waals surface area (Å²) in [5.74, 6) is 0.696. The van der Waals surface area contributed by atoms with Crippen LogP contribution >= 0.6 is 0 Å². The zero-order valence-electron chi connectivity index (χ0n) is 17.8. The van der Waals surface area contributed by atoms with E-state index in [1.165, 1.54) is 55.9 Å². The van der Waals surface area contributed by atoms with E-state index >= 15 is 0 Å². The number of methoxy groups -OCH3 is 1. The van der Waals surface area contributed by atoms with Crippen LogP contribution in [0.1, 0.15) is 10.4 Å². The number of ether oxygens (including phenoxy) is 1. The SMILES string of the molecule is COc1ccc(N(C)S(=O)(=O)c2cccc(C(=O)Nc3ccc(-n4cncn4)nc3)c2)cc1. The summed E-state index contributed by atoms with van der Waals surface area (Å²) in [5, 5.41) is 6.70. The maximum absolute atomic E-state index is 13.1. The molecule has 4 rings (SSSR count). The molecule has 0 aliphatic carbocycles. The highest BCUT2D eigenvalue weighted by Gasteiger charge is 2.22. The van der Waals surface area contributed by atoms with Crippen LogP contribution in [0.4, 0.5) is 11.4 Å². The fraction of sp³-hybridized carbons (Fsp3) is 0.0909. The number of rotatable bonds is 7. The standard InChI is InChI=1S/C22H20N6O4S/c1-27(18-7-9-19(32-2)10-8-18)33(30,31)20-5-3-4-16(12-20)22(29)26-17-6-11-21(24-13-17)28-15-23-14-25-28/h3-15H,1-2H3,(H,26,29). The van der Waals surface area contributed by atoms with Crippen LogP contribution in [0.15, 0.2) is 84.4 Å². The van der Waals surface area contributed by atoms with E-state index in [9.17, 15) is 13.2 Å². The van der Waals surface area contributed by atoms with Crippen LogP contribution in [0.5, 0.6) is 5.75 Å². The van der Waals surface area contributed by atoms with Crippen LogP contribution < -0.4 is 14.4 Å². The predicted molar refractivity (Wildman–Crippen MR) is 122 cm³/mol. The molecule has 10 nitrogen and oxygen atoms in total. The van der Waals surface area contributed by atoms with Gasteiger partial charge in [-0.3, -0.25) is 9.10 Å². The highest BCUT2D eigenvalue weighted by molar-refractivity contribution is 7.92. The number of hydrogen-bond donors (Lipinski definition) is 1. The lowest BCUT2D eigenvalue weighted by molar-refractivity contribution is 0.102. The number of carbonyl (C=O) groups is 1. The number of benzene rings is 2. The number of hydrogen-bond acceptors (Lipinski definition) is 7. The van der Waals surface area contributed by atoms with Crippen molar-refractivity contribution in [3.8, 4) is 11.6 Å². The minimum absolute atomic E-state index is 0.00637. The molecule has 0 radical (unpaired) electrons. The van der Waals surface area contributed by atoms with Crippen LogP contribution in [-0.4, -0.2) is 48.2 Å². The minimum atomic E-state index is -3.89. The number of nitrogens with zero attached hydrogens (tertiary/aromatic N) is 5. The maximum Gasteiger partial charge on any atom is 0.264 e. The van der Waals surface area contributed by atoms with Crippen molar-refractivity contribution in [2.75, 3.05) is 23.8 Å². The summed E-state index contributed by atoms with van der Waals surface area (Å²) in [6.45, 7) is 0. The van der Waals surface area contributed by atoms with Crippen molar-refractivity contribution >= 4 is 27.3 Å². The van der Waals surface area contributed by atoms with E-state index in [0.717, 1.165) is 4.31 Å². The second-order valence-corrected chi connectivity index (χ2v) is 8.87. The third-order valence-electron chi connectivity index (χ3n) is 4.85. The zero-order chi connectivity index (χ0) is 23.4. The van der Waals surface area contributed by atoms with Crippen LogP contribution in [-0.2, 0) is 10.0 Å². The molecule has 2 aromatic carbocycles. The molecule has 2 aromatic heterocycles. The molecule has 0 aliphatic rings. The van der Waals surface area contributed by atoms with Crippen LogP contribution in [0.2, 0.25) is 0 Å². The van der Waals surface area contributed by atoms with Crippen molar-refractivity contribution in [2.45, 2.75) is 4.90 Å². The molecule has 11 heteroatoms. The van der Waals surface area contributed by atoms with Crippen LogP contribution in [0, 0.1) is 0 Å². The lowest BCUT2D eigenvalue weighted by Crippen LogP contribution is -2.26. The zero-order valence-corrected chi connectivity index (χ0v) is 18.6. The van der Waals surface area contributed by atoms with Gasteiger partial charge in [0.2, 0.25) is 0 Å². The van der Waals surface area contributed by atoms with Gasteiger partial charge in [0.1, 0.15) is 18.4 Å². The third kappa shape index (κ3) is 4.67. The first-order valence-corrected chi connectivity index (χ1v) is 11.2. The average molecular weight is 465 g/mol. The normalized spacial score (nSPS) is 11.1. The second kappa shape index (κ2) is 9.09. The van der Waals surface area contributed by atoms with Gasteiger partial charge in [0.05, 0.1) is 29.6 Å². The molecule has 0 saturated heterocycles.